The number of rotatable bonds is 27. The van der Waals surface area contributed by atoms with Gasteiger partial charge in [0.1, 0.15) is 35.9 Å². The molecule has 0 heterocycles. The van der Waals surface area contributed by atoms with Crippen LogP contribution in [0.2, 0.25) is 0 Å². The van der Waals surface area contributed by atoms with Gasteiger partial charge in [0, 0.05) is 39.0 Å². The highest BCUT2D eigenvalue weighted by molar-refractivity contribution is 5.83. The Labute approximate surface area is 330 Å². The van der Waals surface area contributed by atoms with E-state index in [2.05, 4.69) is 21.3 Å². The highest BCUT2D eigenvalue weighted by Gasteiger charge is 2.16. The second-order valence-electron chi connectivity index (χ2n) is 14.3. The summed E-state index contributed by atoms with van der Waals surface area (Å²) in [6.45, 7) is 15.9. The summed E-state index contributed by atoms with van der Waals surface area (Å²) < 4.78 is 43.7. The summed E-state index contributed by atoms with van der Waals surface area (Å²) in [7, 11) is 0. The maximum atomic E-state index is 12.0. The Kier molecular flexibility index (Phi) is 22.9. The van der Waals surface area contributed by atoms with Gasteiger partial charge in [-0.2, -0.15) is 0 Å². The van der Waals surface area contributed by atoms with E-state index in [0.717, 1.165) is 11.1 Å². The van der Waals surface area contributed by atoms with Crippen molar-refractivity contribution >= 4 is 24.0 Å². The van der Waals surface area contributed by atoms with E-state index in [0.29, 0.717) is 104 Å². The lowest BCUT2D eigenvalue weighted by atomic mass is 10.2. The molecule has 56 heavy (non-hydrogen) atoms. The summed E-state index contributed by atoms with van der Waals surface area (Å²) in [6, 6.07) is 14.8. The van der Waals surface area contributed by atoms with Crippen LogP contribution in [0.1, 0.15) is 65.5 Å². The molecule has 0 aliphatic rings. The fraction of sp³-hybridized carbons (Fsp3) is 0.600. The number of carbonyl (C=O) groups excluding carboxylic acids is 4. The fourth-order valence-electron chi connectivity index (χ4n) is 4.39. The molecule has 2 aromatic rings. The number of hydrogen-bond acceptors (Lipinski definition) is 12. The third-order valence-electron chi connectivity index (χ3n) is 6.97. The van der Waals surface area contributed by atoms with Gasteiger partial charge >= 0.3 is 12.2 Å². The van der Waals surface area contributed by atoms with Crippen LogP contribution in [0.4, 0.5) is 9.59 Å². The molecule has 2 rings (SSSR count). The van der Waals surface area contributed by atoms with Gasteiger partial charge < -0.3 is 59.2 Å². The molecule has 0 bridgehead atoms. The van der Waals surface area contributed by atoms with Gasteiger partial charge in [-0.3, -0.25) is 9.59 Å². The molecule has 0 spiro atoms. The molecule has 0 unspecified atom stereocenters. The maximum Gasteiger partial charge on any atom is 0.407 e. The third-order valence-corrected chi connectivity index (χ3v) is 6.97. The molecule has 0 fully saturated rings. The van der Waals surface area contributed by atoms with E-state index in [-0.39, 0.29) is 24.7 Å². The normalized spacial score (nSPS) is 11.3. The minimum Gasteiger partial charge on any atom is -0.491 e. The van der Waals surface area contributed by atoms with Crippen molar-refractivity contribution in [2.75, 3.05) is 79.2 Å². The van der Waals surface area contributed by atoms with Gasteiger partial charge in [-0.25, -0.2) is 9.59 Å². The molecule has 0 atom stereocenters. The molecule has 314 valence electrons. The van der Waals surface area contributed by atoms with E-state index in [1.807, 2.05) is 90.1 Å². The van der Waals surface area contributed by atoms with Crippen molar-refractivity contribution in [3.05, 3.63) is 59.7 Å². The molecular formula is C40H62N4O12. The first-order chi connectivity index (χ1) is 26.7. The van der Waals surface area contributed by atoms with Crippen LogP contribution in [-0.2, 0) is 51.1 Å². The highest BCUT2D eigenvalue weighted by atomic mass is 16.6. The predicted molar refractivity (Wildman–Crippen MR) is 209 cm³/mol. The molecule has 4 amide bonds. The van der Waals surface area contributed by atoms with E-state index in [1.54, 1.807) is 0 Å². The molecule has 16 heteroatoms. The van der Waals surface area contributed by atoms with Crippen molar-refractivity contribution in [3.63, 3.8) is 0 Å². The van der Waals surface area contributed by atoms with Crippen LogP contribution >= 0.6 is 0 Å². The van der Waals surface area contributed by atoms with Crippen LogP contribution in [0.15, 0.2) is 48.5 Å². The van der Waals surface area contributed by atoms with E-state index in [9.17, 15) is 19.2 Å². The van der Waals surface area contributed by atoms with Gasteiger partial charge in [0.25, 0.3) is 0 Å². The van der Waals surface area contributed by atoms with E-state index < -0.39 is 23.4 Å². The van der Waals surface area contributed by atoms with Gasteiger partial charge in [-0.1, -0.05) is 24.3 Å². The largest absolute Gasteiger partial charge is 0.491 e. The molecule has 0 aliphatic heterocycles. The number of amides is 4. The first-order valence-electron chi connectivity index (χ1n) is 18.9. The maximum absolute atomic E-state index is 12.0. The number of hydrogen-bond donors (Lipinski definition) is 4. The molecule has 4 N–H and O–H groups in total. The molecule has 2 aromatic carbocycles. The van der Waals surface area contributed by atoms with Gasteiger partial charge in [-0.05, 0) is 76.9 Å². The van der Waals surface area contributed by atoms with Crippen LogP contribution in [-0.4, -0.2) is 114 Å². The third kappa shape index (κ3) is 26.2. The van der Waals surface area contributed by atoms with Crippen molar-refractivity contribution in [2.24, 2.45) is 0 Å². The summed E-state index contributed by atoms with van der Waals surface area (Å²) in [4.78, 5) is 47.6. The molecule has 0 saturated heterocycles. The van der Waals surface area contributed by atoms with E-state index in [4.69, 9.17) is 37.9 Å². The minimum absolute atomic E-state index is 0.0763. The average Bonchev–Trinajstić information content (AvgIpc) is 3.13. The zero-order chi connectivity index (χ0) is 41.1. The van der Waals surface area contributed by atoms with Crippen molar-refractivity contribution < 1.29 is 57.1 Å². The second-order valence-corrected chi connectivity index (χ2v) is 14.3. The zero-order valence-electron chi connectivity index (χ0n) is 33.8. The number of benzene rings is 2. The first kappa shape index (κ1) is 47.5. The lowest BCUT2D eigenvalue weighted by Gasteiger charge is -2.19. The zero-order valence-corrected chi connectivity index (χ0v) is 33.8. The van der Waals surface area contributed by atoms with Crippen molar-refractivity contribution in [1.29, 1.82) is 0 Å². The molecular weight excluding hydrogens is 728 g/mol. The van der Waals surface area contributed by atoms with Crippen LogP contribution in [0.5, 0.6) is 11.5 Å². The quantitative estimate of drug-likeness (QED) is 0.0943. The van der Waals surface area contributed by atoms with Crippen LogP contribution < -0.4 is 30.7 Å². The summed E-state index contributed by atoms with van der Waals surface area (Å²) in [6.07, 6.45) is -0.776. The Morgan fingerprint density at radius 2 is 0.768 bits per heavy atom. The second kappa shape index (κ2) is 27.0. The summed E-state index contributed by atoms with van der Waals surface area (Å²) in [5, 5.41) is 10.9. The van der Waals surface area contributed by atoms with Gasteiger partial charge in [0.15, 0.2) is 0 Å². The lowest BCUT2D eigenvalue weighted by molar-refractivity contribution is -0.126. The Bertz CT molecular complexity index is 1300. The Morgan fingerprint density at radius 1 is 0.446 bits per heavy atom. The summed E-state index contributed by atoms with van der Waals surface area (Å²) >= 11 is 0. The van der Waals surface area contributed by atoms with Crippen molar-refractivity contribution in [3.8, 4) is 11.5 Å². The van der Waals surface area contributed by atoms with E-state index in [1.165, 1.54) is 0 Å². The van der Waals surface area contributed by atoms with Gasteiger partial charge in [0.2, 0.25) is 11.8 Å². The van der Waals surface area contributed by atoms with Gasteiger partial charge in [-0.15, -0.1) is 0 Å². The molecule has 16 nitrogen and oxygen atoms in total. The average molecular weight is 791 g/mol. The molecule has 0 aliphatic carbocycles. The standard InChI is InChI=1S/C40H62N4O12/c1-39(2,3)55-37(47)43-29-31-7-11-33(12-8-31)53-27-25-51-23-21-49-19-17-41-35(45)15-16-36(46)42-18-20-50-22-24-52-26-28-54-34-13-9-32(10-14-34)30-44-38(48)56-40(4,5)6/h7-14H,15-30H2,1-6H3,(H,41,45)(H,42,46)(H,43,47)(H,44,48). The number of nitrogens with one attached hydrogen (secondary N) is 4. The lowest BCUT2D eigenvalue weighted by Crippen LogP contribution is -2.32. The van der Waals surface area contributed by atoms with Crippen molar-refractivity contribution in [1.82, 2.24) is 21.3 Å². The van der Waals surface area contributed by atoms with E-state index >= 15 is 0 Å². The number of carbonyl (C=O) groups is 4. The SMILES string of the molecule is CC(C)(C)OC(=O)NCc1ccc(OCCOCCOCCNC(=O)CCC(=O)NCCOCCOCCOc2ccc(CNC(=O)OC(C)(C)C)cc2)cc1. The molecule has 0 aromatic heterocycles. The number of alkyl carbamates (subject to hydrolysis) is 2. The topological polar surface area (TPSA) is 190 Å². The highest BCUT2D eigenvalue weighted by Crippen LogP contribution is 2.14. The van der Waals surface area contributed by atoms with Gasteiger partial charge in [0.05, 0.1) is 52.9 Å². The fourth-order valence-corrected chi connectivity index (χ4v) is 4.39. The summed E-state index contributed by atoms with van der Waals surface area (Å²) in [5.41, 5.74) is 0.754. The Balaban J connectivity index is 1.33. The first-order valence-corrected chi connectivity index (χ1v) is 18.9. The van der Waals surface area contributed by atoms with Crippen LogP contribution in [0.25, 0.3) is 0 Å². The Hall–Kier alpha value is -4.64. The number of ether oxygens (including phenoxy) is 8. The Morgan fingerprint density at radius 3 is 1.11 bits per heavy atom. The molecule has 0 radical (unpaired) electrons. The van der Waals surface area contributed by atoms with Crippen molar-refractivity contribution in [2.45, 2.75) is 78.7 Å². The van der Waals surface area contributed by atoms with Crippen LogP contribution in [0, 0.1) is 0 Å². The van der Waals surface area contributed by atoms with Crippen LogP contribution in [0.3, 0.4) is 0 Å². The smallest absolute Gasteiger partial charge is 0.407 e. The minimum atomic E-state index is -0.543. The summed E-state index contributed by atoms with van der Waals surface area (Å²) in [5.74, 6) is 0.927. The monoisotopic (exact) mass is 790 g/mol. The molecule has 0 saturated carbocycles. The predicted octanol–water partition coefficient (Wildman–Crippen LogP) is 4.27.